The Balaban J connectivity index is 1.91. The highest BCUT2D eigenvalue weighted by atomic mass is 32.1. The Morgan fingerprint density at radius 2 is 1.81 bits per heavy atom. The van der Waals surface area contributed by atoms with Gasteiger partial charge in [-0.25, -0.2) is 14.8 Å². The van der Waals surface area contributed by atoms with Crippen LogP contribution in [0.2, 0.25) is 0 Å². The van der Waals surface area contributed by atoms with Gasteiger partial charge in [0.05, 0.1) is 23.0 Å². The molecule has 0 spiro atoms. The number of anilines is 1. The van der Waals surface area contributed by atoms with Crippen molar-refractivity contribution in [3.8, 4) is 0 Å². The van der Waals surface area contributed by atoms with E-state index >= 15 is 0 Å². The number of aromatic nitrogens is 2. The van der Waals surface area contributed by atoms with Crippen LogP contribution in [-0.2, 0) is 11.2 Å². The third-order valence-corrected chi connectivity index (χ3v) is 6.51. The monoisotopic (exact) mass is 407 g/mol. The first-order valence-corrected chi connectivity index (χ1v) is 10.9. The zero-order valence-corrected chi connectivity index (χ0v) is 18.0. The van der Waals surface area contributed by atoms with Gasteiger partial charge >= 0.3 is 5.97 Å². The lowest BCUT2D eigenvalue weighted by Crippen LogP contribution is -2.32. The lowest BCUT2D eigenvalue weighted by atomic mass is 10.1. The molecular formula is C19H25N3O3S2. The minimum Gasteiger partial charge on any atom is -0.462 e. The summed E-state index contributed by atoms with van der Waals surface area (Å²) < 4.78 is 5.10. The molecule has 0 bridgehead atoms. The molecule has 2 aromatic heterocycles. The smallest absolute Gasteiger partial charge is 0.350 e. The molecule has 6 nitrogen and oxygen atoms in total. The lowest BCUT2D eigenvalue weighted by molar-refractivity contribution is 0.0531. The van der Waals surface area contributed by atoms with Crippen LogP contribution in [0.15, 0.2) is 0 Å². The Kier molecular flexibility index (Phi) is 5.95. The Hall–Kier alpha value is -1.80. The fourth-order valence-electron chi connectivity index (χ4n) is 2.81. The Morgan fingerprint density at radius 3 is 2.41 bits per heavy atom. The third-order valence-electron chi connectivity index (χ3n) is 4.20. The van der Waals surface area contributed by atoms with Crippen molar-refractivity contribution in [2.45, 2.75) is 59.9 Å². The molecule has 1 aliphatic rings. The molecule has 0 unspecified atom stereocenters. The molecule has 3 rings (SSSR count). The van der Waals surface area contributed by atoms with Crippen LogP contribution in [-0.4, -0.2) is 34.5 Å². The number of carbonyl (C=O) groups is 2. The average Bonchev–Trinajstić information content (AvgIpc) is 3.24. The number of ether oxygens (including phenoxy) is 1. The number of rotatable bonds is 7. The quantitative estimate of drug-likeness (QED) is 0.636. The number of thiazole rings is 2. The normalized spacial score (nSPS) is 13.9. The van der Waals surface area contributed by atoms with Gasteiger partial charge in [-0.1, -0.05) is 25.2 Å². The maximum Gasteiger partial charge on any atom is 0.350 e. The molecule has 0 radical (unpaired) electrons. The molecule has 1 fully saturated rings. The first-order valence-electron chi connectivity index (χ1n) is 9.26. The van der Waals surface area contributed by atoms with Crippen molar-refractivity contribution in [3.05, 3.63) is 26.1 Å². The second kappa shape index (κ2) is 8.06. The number of nitrogens with zero attached hydrogens (tertiary/aromatic N) is 3. The second-order valence-corrected chi connectivity index (χ2v) is 9.22. The molecule has 0 aliphatic heterocycles. The van der Waals surface area contributed by atoms with Crippen molar-refractivity contribution in [1.29, 1.82) is 0 Å². The number of aryl methyl sites for hydroxylation is 2. The Bertz CT molecular complexity index is 853. The summed E-state index contributed by atoms with van der Waals surface area (Å²) in [7, 11) is 0. The zero-order valence-electron chi connectivity index (χ0n) is 16.4. The van der Waals surface area contributed by atoms with Gasteiger partial charge in [-0.05, 0) is 39.5 Å². The van der Waals surface area contributed by atoms with E-state index in [4.69, 9.17) is 4.74 Å². The third kappa shape index (κ3) is 4.38. The summed E-state index contributed by atoms with van der Waals surface area (Å²) in [6.45, 7) is 10.0. The molecule has 0 atom stereocenters. The largest absolute Gasteiger partial charge is 0.462 e. The molecule has 0 saturated heterocycles. The molecule has 1 amide bonds. The molecule has 1 aliphatic carbocycles. The van der Waals surface area contributed by atoms with Crippen LogP contribution in [0.25, 0.3) is 0 Å². The highest BCUT2D eigenvalue weighted by molar-refractivity contribution is 7.18. The topological polar surface area (TPSA) is 72.4 Å². The molecule has 2 aromatic rings. The van der Waals surface area contributed by atoms with E-state index in [2.05, 4.69) is 23.8 Å². The van der Waals surface area contributed by atoms with E-state index in [-0.39, 0.29) is 17.9 Å². The first kappa shape index (κ1) is 19.9. The number of carbonyl (C=O) groups excluding carboxylic acids is 2. The summed E-state index contributed by atoms with van der Waals surface area (Å²) in [6.07, 6.45) is 2.78. The highest BCUT2D eigenvalue weighted by Crippen LogP contribution is 2.38. The van der Waals surface area contributed by atoms with Crippen molar-refractivity contribution in [2.75, 3.05) is 11.5 Å². The summed E-state index contributed by atoms with van der Waals surface area (Å²) in [6, 6.07) is 0.146. The minimum atomic E-state index is -0.380. The van der Waals surface area contributed by atoms with E-state index in [9.17, 15) is 9.59 Å². The maximum atomic E-state index is 13.3. The Labute approximate surface area is 167 Å². The molecular weight excluding hydrogens is 382 g/mol. The fourth-order valence-corrected chi connectivity index (χ4v) is 5.05. The predicted octanol–water partition coefficient (Wildman–Crippen LogP) is 4.40. The number of esters is 1. The van der Waals surface area contributed by atoms with E-state index in [1.54, 1.807) is 18.7 Å². The first-order chi connectivity index (χ1) is 12.8. The van der Waals surface area contributed by atoms with E-state index in [0.29, 0.717) is 33.1 Å². The molecule has 0 aromatic carbocycles. The van der Waals surface area contributed by atoms with Crippen LogP contribution in [0.3, 0.4) is 0 Å². The summed E-state index contributed by atoms with van der Waals surface area (Å²) in [4.78, 5) is 37.4. The van der Waals surface area contributed by atoms with Crippen LogP contribution in [0.4, 0.5) is 5.13 Å². The average molecular weight is 408 g/mol. The SMILES string of the molecule is CCOC(=O)c1sc(N(C(=O)c2sc(CC(C)C)nc2C)C2CC2)nc1C. The predicted molar refractivity (Wildman–Crippen MR) is 108 cm³/mol. The van der Waals surface area contributed by atoms with Gasteiger partial charge in [0.1, 0.15) is 9.75 Å². The van der Waals surface area contributed by atoms with Gasteiger partial charge in [-0.3, -0.25) is 9.69 Å². The second-order valence-electron chi connectivity index (χ2n) is 7.16. The Morgan fingerprint density at radius 1 is 1.15 bits per heavy atom. The minimum absolute atomic E-state index is 0.0633. The van der Waals surface area contributed by atoms with Crippen LogP contribution < -0.4 is 4.90 Å². The van der Waals surface area contributed by atoms with E-state index < -0.39 is 0 Å². The van der Waals surface area contributed by atoms with Crippen molar-refractivity contribution >= 4 is 39.7 Å². The number of hydrogen-bond donors (Lipinski definition) is 0. The van der Waals surface area contributed by atoms with Gasteiger partial charge in [0, 0.05) is 12.5 Å². The van der Waals surface area contributed by atoms with Crippen LogP contribution in [0.1, 0.15) is 69.4 Å². The van der Waals surface area contributed by atoms with Gasteiger partial charge in [-0.15, -0.1) is 11.3 Å². The fraction of sp³-hybridized carbons (Fsp3) is 0.579. The molecule has 0 N–H and O–H groups in total. The maximum absolute atomic E-state index is 13.3. The van der Waals surface area contributed by atoms with Crippen molar-refractivity contribution < 1.29 is 14.3 Å². The van der Waals surface area contributed by atoms with Gasteiger partial charge in [0.25, 0.3) is 5.91 Å². The van der Waals surface area contributed by atoms with Crippen LogP contribution >= 0.6 is 22.7 Å². The van der Waals surface area contributed by atoms with Gasteiger partial charge < -0.3 is 4.74 Å². The molecule has 27 heavy (non-hydrogen) atoms. The summed E-state index contributed by atoms with van der Waals surface area (Å²) >= 11 is 2.71. The zero-order chi connectivity index (χ0) is 19.7. The standard InChI is InChI=1S/C19H25N3O3S2/c1-6-25-18(24)16-12(5)21-19(27-16)22(13-7-8-13)17(23)15-11(4)20-14(26-15)9-10(2)3/h10,13H,6-9H2,1-5H3. The highest BCUT2D eigenvalue weighted by Gasteiger charge is 2.38. The van der Waals surface area contributed by atoms with Gasteiger partial charge in [0.2, 0.25) is 0 Å². The van der Waals surface area contributed by atoms with Crippen molar-refractivity contribution in [2.24, 2.45) is 5.92 Å². The van der Waals surface area contributed by atoms with Gasteiger partial charge in [0.15, 0.2) is 5.13 Å². The van der Waals surface area contributed by atoms with Gasteiger partial charge in [-0.2, -0.15) is 0 Å². The molecule has 8 heteroatoms. The van der Waals surface area contributed by atoms with Crippen molar-refractivity contribution in [1.82, 2.24) is 9.97 Å². The molecule has 146 valence electrons. The van der Waals surface area contributed by atoms with E-state index in [0.717, 1.165) is 30.0 Å². The summed E-state index contributed by atoms with van der Waals surface area (Å²) in [5.74, 6) is 0.0496. The van der Waals surface area contributed by atoms with E-state index in [1.807, 2.05) is 6.92 Å². The molecule has 2 heterocycles. The van der Waals surface area contributed by atoms with Crippen molar-refractivity contribution in [3.63, 3.8) is 0 Å². The molecule has 1 saturated carbocycles. The number of hydrogen-bond acceptors (Lipinski definition) is 7. The number of amides is 1. The lowest BCUT2D eigenvalue weighted by Gasteiger charge is -2.18. The van der Waals surface area contributed by atoms with Crippen LogP contribution in [0, 0.1) is 19.8 Å². The summed E-state index contributed by atoms with van der Waals surface area (Å²) in [5, 5.41) is 1.56. The summed E-state index contributed by atoms with van der Waals surface area (Å²) in [5.41, 5.74) is 1.37. The van der Waals surface area contributed by atoms with Crippen LogP contribution in [0.5, 0.6) is 0 Å². The van der Waals surface area contributed by atoms with E-state index in [1.165, 1.54) is 22.7 Å².